The number of aryl methyl sites for hydroxylation is 2. The van der Waals surface area contributed by atoms with E-state index in [2.05, 4.69) is 69.2 Å². The molecular formula is C15H12Br2N2. The largest absolute Gasteiger partial charge is 0.355 e. The first kappa shape index (κ1) is 14.1. The number of hydrogen-bond donors (Lipinski definition) is 1. The highest BCUT2D eigenvalue weighted by molar-refractivity contribution is 9.10. The van der Waals surface area contributed by atoms with Crippen LogP contribution in [-0.2, 0) is 0 Å². The van der Waals surface area contributed by atoms with Crippen molar-refractivity contribution in [2.45, 2.75) is 13.8 Å². The van der Waals surface area contributed by atoms with Crippen LogP contribution in [0.3, 0.4) is 0 Å². The molecule has 2 aromatic carbocycles. The van der Waals surface area contributed by atoms with Crippen molar-refractivity contribution in [3.63, 3.8) is 0 Å². The SMILES string of the molecule is Cc1cc(Nc2ccc(C#N)c(Br)c2)cc(C)c1Br. The Morgan fingerprint density at radius 2 is 1.63 bits per heavy atom. The number of nitrogens with zero attached hydrogens (tertiary/aromatic N) is 1. The molecule has 0 aliphatic rings. The molecule has 0 bridgehead atoms. The molecule has 96 valence electrons. The fraction of sp³-hybridized carbons (Fsp3) is 0.133. The van der Waals surface area contributed by atoms with Gasteiger partial charge in [0.1, 0.15) is 6.07 Å². The Morgan fingerprint density at radius 1 is 1.00 bits per heavy atom. The molecule has 2 nitrogen and oxygen atoms in total. The molecule has 0 atom stereocenters. The van der Waals surface area contributed by atoms with Crippen LogP contribution in [0.1, 0.15) is 16.7 Å². The van der Waals surface area contributed by atoms with Gasteiger partial charge in [-0.15, -0.1) is 0 Å². The van der Waals surface area contributed by atoms with Crippen LogP contribution < -0.4 is 5.32 Å². The highest BCUT2D eigenvalue weighted by Gasteiger charge is 2.04. The van der Waals surface area contributed by atoms with Crippen molar-refractivity contribution in [1.29, 1.82) is 5.26 Å². The van der Waals surface area contributed by atoms with Crippen molar-refractivity contribution in [2.75, 3.05) is 5.32 Å². The molecule has 1 N–H and O–H groups in total. The molecule has 0 unspecified atom stereocenters. The van der Waals surface area contributed by atoms with Gasteiger partial charge < -0.3 is 5.32 Å². The van der Waals surface area contributed by atoms with Gasteiger partial charge >= 0.3 is 0 Å². The zero-order valence-electron chi connectivity index (χ0n) is 10.6. The van der Waals surface area contributed by atoms with Crippen molar-refractivity contribution >= 4 is 43.2 Å². The van der Waals surface area contributed by atoms with Crippen molar-refractivity contribution < 1.29 is 0 Å². The van der Waals surface area contributed by atoms with Crippen LogP contribution in [0, 0.1) is 25.2 Å². The first-order valence-electron chi connectivity index (χ1n) is 5.74. The molecule has 0 spiro atoms. The molecule has 0 amide bonds. The summed E-state index contributed by atoms with van der Waals surface area (Å²) in [6, 6.07) is 11.9. The Labute approximate surface area is 129 Å². The van der Waals surface area contributed by atoms with Gasteiger partial charge in [0, 0.05) is 20.3 Å². The molecule has 0 aromatic heterocycles. The highest BCUT2D eigenvalue weighted by atomic mass is 79.9. The number of rotatable bonds is 2. The molecule has 2 rings (SSSR count). The average molecular weight is 380 g/mol. The van der Waals surface area contributed by atoms with Crippen LogP contribution in [0.15, 0.2) is 39.3 Å². The van der Waals surface area contributed by atoms with E-state index in [-0.39, 0.29) is 0 Å². The Balaban J connectivity index is 2.32. The predicted molar refractivity (Wildman–Crippen MR) is 85.8 cm³/mol. The summed E-state index contributed by atoms with van der Waals surface area (Å²) < 4.78 is 1.93. The van der Waals surface area contributed by atoms with E-state index in [1.807, 2.05) is 12.1 Å². The highest BCUT2D eigenvalue weighted by Crippen LogP contribution is 2.28. The summed E-state index contributed by atoms with van der Waals surface area (Å²) in [6.45, 7) is 4.13. The van der Waals surface area contributed by atoms with Crippen LogP contribution in [0.25, 0.3) is 0 Å². The maximum absolute atomic E-state index is 8.90. The molecule has 0 aliphatic heterocycles. The lowest BCUT2D eigenvalue weighted by atomic mass is 10.1. The third kappa shape index (κ3) is 3.17. The molecule has 0 saturated carbocycles. The Bertz CT molecular complexity index is 649. The van der Waals surface area contributed by atoms with Gasteiger partial charge in [-0.1, -0.05) is 15.9 Å². The molecule has 19 heavy (non-hydrogen) atoms. The Kier molecular flexibility index (Phi) is 4.28. The van der Waals surface area contributed by atoms with Crippen LogP contribution in [0.2, 0.25) is 0 Å². The van der Waals surface area contributed by atoms with Gasteiger partial charge in [-0.3, -0.25) is 0 Å². The van der Waals surface area contributed by atoms with Gasteiger partial charge in [-0.2, -0.15) is 5.26 Å². The van der Waals surface area contributed by atoms with Crippen LogP contribution in [0.4, 0.5) is 11.4 Å². The van der Waals surface area contributed by atoms with E-state index >= 15 is 0 Å². The van der Waals surface area contributed by atoms with E-state index in [1.54, 1.807) is 6.07 Å². The van der Waals surface area contributed by atoms with Crippen LogP contribution in [-0.4, -0.2) is 0 Å². The Morgan fingerprint density at radius 3 is 2.16 bits per heavy atom. The minimum Gasteiger partial charge on any atom is -0.355 e. The molecule has 0 radical (unpaired) electrons. The van der Waals surface area contributed by atoms with E-state index in [4.69, 9.17) is 5.26 Å². The second kappa shape index (κ2) is 5.77. The van der Waals surface area contributed by atoms with E-state index in [0.29, 0.717) is 5.56 Å². The number of halogens is 2. The molecule has 0 aliphatic carbocycles. The fourth-order valence-corrected chi connectivity index (χ4v) is 2.56. The number of anilines is 2. The van der Waals surface area contributed by atoms with Crippen LogP contribution in [0.5, 0.6) is 0 Å². The van der Waals surface area contributed by atoms with Gasteiger partial charge in [0.2, 0.25) is 0 Å². The number of hydrogen-bond acceptors (Lipinski definition) is 2. The maximum atomic E-state index is 8.90. The van der Waals surface area contributed by atoms with Gasteiger partial charge in [0.15, 0.2) is 0 Å². The summed E-state index contributed by atoms with van der Waals surface area (Å²) in [5.74, 6) is 0. The smallest absolute Gasteiger partial charge is 0.100 e. The molecular weight excluding hydrogens is 368 g/mol. The van der Waals surface area contributed by atoms with Gasteiger partial charge in [-0.05, 0) is 71.2 Å². The van der Waals surface area contributed by atoms with Crippen molar-refractivity contribution in [2.24, 2.45) is 0 Å². The number of nitriles is 1. The van der Waals surface area contributed by atoms with E-state index < -0.39 is 0 Å². The topological polar surface area (TPSA) is 35.8 Å². The normalized spacial score (nSPS) is 10.1. The third-order valence-electron chi connectivity index (χ3n) is 2.81. The summed E-state index contributed by atoms with van der Waals surface area (Å²) in [5, 5.41) is 12.2. The summed E-state index contributed by atoms with van der Waals surface area (Å²) in [4.78, 5) is 0. The van der Waals surface area contributed by atoms with E-state index in [9.17, 15) is 0 Å². The number of nitrogens with one attached hydrogen (secondary N) is 1. The molecule has 0 saturated heterocycles. The molecule has 4 heteroatoms. The second-order valence-corrected chi connectivity index (χ2v) is 6.00. The average Bonchev–Trinajstić information content (AvgIpc) is 2.36. The lowest BCUT2D eigenvalue weighted by Crippen LogP contribution is -1.93. The van der Waals surface area contributed by atoms with Gasteiger partial charge in [0.25, 0.3) is 0 Å². The zero-order valence-corrected chi connectivity index (χ0v) is 13.8. The van der Waals surface area contributed by atoms with Crippen molar-refractivity contribution in [3.05, 3.63) is 56.0 Å². The van der Waals surface area contributed by atoms with Crippen LogP contribution >= 0.6 is 31.9 Å². The van der Waals surface area contributed by atoms with Crippen molar-refractivity contribution in [1.82, 2.24) is 0 Å². The van der Waals surface area contributed by atoms with Gasteiger partial charge in [-0.25, -0.2) is 0 Å². The monoisotopic (exact) mass is 378 g/mol. The lowest BCUT2D eigenvalue weighted by molar-refractivity contribution is 1.33. The molecule has 0 fully saturated rings. The summed E-state index contributed by atoms with van der Waals surface area (Å²) in [6.07, 6.45) is 0. The summed E-state index contributed by atoms with van der Waals surface area (Å²) in [7, 11) is 0. The van der Waals surface area contributed by atoms with Gasteiger partial charge in [0.05, 0.1) is 5.56 Å². The Hall–Kier alpha value is -1.31. The summed E-state index contributed by atoms with van der Waals surface area (Å²) in [5.41, 5.74) is 5.00. The number of benzene rings is 2. The molecule has 0 heterocycles. The van der Waals surface area contributed by atoms with E-state index in [1.165, 1.54) is 11.1 Å². The minimum atomic E-state index is 0.633. The quantitative estimate of drug-likeness (QED) is 0.753. The first-order chi connectivity index (χ1) is 9.01. The van der Waals surface area contributed by atoms with E-state index in [0.717, 1.165) is 20.3 Å². The predicted octanol–water partition coefficient (Wildman–Crippen LogP) is 5.44. The van der Waals surface area contributed by atoms with Crippen molar-refractivity contribution in [3.8, 4) is 6.07 Å². The summed E-state index contributed by atoms with van der Waals surface area (Å²) >= 11 is 6.95. The zero-order chi connectivity index (χ0) is 14.0. The second-order valence-electron chi connectivity index (χ2n) is 4.36. The molecule has 2 aromatic rings. The third-order valence-corrected chi connectivity index (χ3v) is 4.72. The first-order valence-corrected chi connectivity index (χ1v) is 7.33. The standard InChI is InChI=1S/C15H12Br2N2/c1-9-5-13(6-10(2)15(9)17)19-12-4-3-11(8-18)14(16)7-12/h3-7,19H,1-2H3. The maximum Gasteiger partial charge on any atom is 0.100 e. The lowest BCUT2D eigenvalue weighted by Gasteiger charge is -2.11. The fourth-order valence-electron chi connectivity index (χ4n) is 1.87. The minimum absolute atomic E-state index is 0.633.